The molecule has 1 amide bonds. The van der Waals surface area contributed by atoms with Gasteiger partial charge in [-0.25, -0.2) is 17.5 Å². The summed E-state index contributed by atoms with van der Waals surface area (Å²) in [6.45, 7) is 5.55. The molecule has 0 fully saturated rings. The average Bonchev–Trinajstić information content (AvgIpc) is 2.34. The van der Waals surface area contributed by atoms with E-state index in [2.05, 4.69) is 4.72 Å². The summed E-state index contributed by atoms with van der Waals surface area (Å²) in [6, 6.07) is 4.57. The van der Waals surface area contributed by atoms with E-state index < -0.39 is 15.8 Å². The Balaban J connectivity index is 2.64. The van der Waals surface area contributed by atoms with Gasteiger partial charge in [-0.15, -0.1) is 0 Å². The van der Waals surface area contributed by atoms with Crippen molar-refractivity contribution in [2.24, 2.45) is 0 Å². The van der Waals surface area contributed by atoms with E-state index in [1.54, 1.807) is 4.90 Å². The molecule has 1 aromatic carbocycles. The van der Waals surface area contributed by atoms with Crippen LogP contribution < -0.4 is 4.72 Å². The molecule has 7 heteroatoms. The van der Waals surface area contributed by atoms with Gasteiger partial charge in [0.15, 0.2) is 0 Å². The van der Waals surface area contributed by atoms with Crippen LogP contribution in [0.25, 0.3) is 0 Å². The molecule has 20 heavy (non-hydrogen) atoms. The molecule has 0 saturated heterocycles. The highest BCUT2D eigenvalue weighted by atomic mass is 32.2. The average molecular weight is 302 g/mol. The smallest absolute Gasteiger partial charge is 0.240 e. The van der Waals surface area contributed by atoms with Crippen molar-refractivity contribution in [1.29, 1.82) is 0 Å². The number of halogens is 1. The van der Waals surface area contributed by atoms with Crippen LogP contribution in [0.3, 0.4) is 0 Å². The maximum absolute atomic E-state index is 12.8. The van der Waals surface area contributed by atoms with Crippen LogP contribution in [0.5, 0.6) is 0 Å². The fraction of sp³-hybridized carbons (Fsp3) is 0.462. The molecule has 1 aromatic rings. The zero-order valence-electron chi connectivity index (χ0n) is 11.8. The minimum Gasteiger partial charge on any atom is -0.339 e. The van der Waals surface area contributed by atoms with Crippen LogP contribution in [0, 0.1) is 5.82 Å². The second-order valence-corrected chi connectivity index (χ2v) is 6.42. The Labute approximate surface area is 118 Å². The Bertz CT molecular complexity index is 555. The lowest BCUT2D eigenvalue weighted by Crippen LogP contribution is -2.41. The molecule has 0 atom stereocenters. The highest BCUT2D eigenvalue weighted by Gasteiger charge is 2.16. The van der Waals surface area contributed by atoms with Crippen LogP contribution in [-0.2, 0) is 14.8 Å². The minimum atomic E-state index is -3.68. The minimum absolute atomic E-state index is 0.00202. The van der Waals surface area contributed by atoms with E-state index in [1.165, 1.54) is 19.1 Å². The molecule has 0 spiro atoms. The van der Waals surface area contributed by atoms with Crippen molar-refractivity contribution in [3.05, 3.63) is 30.1 Å². The van der Waals surface area contributed by atoms with Gasteiger partial charge in [0.1, 0.15) is 5.82 Å². The zero-order valence-corrected chi connectivity index (χ0v) is 12.6. The lowest BCUT2D eigenvalue weighted by Gasteiger charge is -2.25. The van der Waals surface area contributed by atoms with Crippen molar-refractivity contribution >= 4 is 15.9 Å². The van der Waals surface area contributed by atoms with Gasteiger partial charge < -0.3 is 4.90 Å². The van der Waals surface area contributed by atoms with Gasteiger partial charge in [0.2, 0.25) is 15.9 Å². The summed E-state index contributed by atoms with van der Waals surface area (Å²) in [5, 5.41) is 0. The first-order valence-electron chi connectivity index (χ1n) is 6.26. The van der Waals surface area contributed by atoms with Crippen LogP contribution in [0.1, 0.15) is 20.8 Å². The SMILES string of the molecule is CC(=O)N(CCNS(=O)(=O)c1ccc(F)cc1)C(C)C. The molecule has 1 rings (SSSR count). The Hall–Kier alpha value is -1.47. The van der Waals surface area contributed by atoms with Gasteiger partial charge in [-0.1, -0.05) is 0 Å². The molecule has 5 nitrogen and oxygen atoms in total. The van der Waals surface area contributed by atoms with Gasteiger partial charge >= 0.3 is 0 Å². The molecule has 0 heterocycles. The third-order valence-electron chi connectivity index (χ3n) is 2.80. The summed E-state index contributed by atoms with van der Waals surface area (Å²) in [4.78, 5) is 12.9. The molecule has 0 aliphatic heterocycles. The van der Waals surface area contributed by atoms with Crippen LogP contribution >= 0.6 is 0 Å². The van der Waals surface area contributed by atoms with E-state index >= 15 is 0 Å². The van der Waals surface area contributed by atoms with E-state index in [9.17, 15) is 17.6 Å². The number of hydrogen-bond donors (Lipinski definition) is 1. The fourth-order valence-electron chi connectivity index (χ4n) is 1.78. The van der Waals surface area contributed by atoms with Crippen molar-refractivity contribution in [3.63, 3.8) is 0 Å². The van der Waals surface area contributed by atoms with Gasteiger partial charge in [0, 0.05) is 26.1 Å². The largest absolute Gasteiger partial charge is 0.339 e. The van der Waals surface area contributed by atoms with Gasteiger partial charge in [-0.2, -0.15) is 0 Å². The highest BCUT2D eigenvalue weighted by Crippen LogP contribution is 2.09. The second kappa shape index (κ2) is 6.81. The number of nitrogens with zero attached hydrogens (tertiary/aromatic N) is 1. The molecule has 0 aromatic heterocycles. The Morgan fingerprint density at radius 2 is 1.85 bits per heavy atom. The van der Waals surface area contributed by atoms with Crippen LogP contribution in [0.4, 0.5) is 4.39 Å². The fourth-order valence-corrected chi connectivity index (χ4v) is 2.80. The molecular formula is C13H19FN2O3S. The van der Waals surface area contributed by atoms with Crippen molar-refractivity contribution in [3.8, 4) is 0 Å². The molecule has 0 unspecified atom stereocenters. The van der Waals surface area contributed by atoms with Gasteiger partial charge in [-0.3, -0.25) is 4.79 Å². The quantitative estimate of drug-likeness (QED) is 0.863. The predicted molar refractivity (Wildman–Crippen MR) is 74.1 cm³/mol. The number of carbonyl (C=O) groups is 1. The summed E-state index contributed by atoms with van der Waals surface area (Å²) in [7, 11) is -3.68. The third-order valence-corrected chi connectivity index (χ3v) is 4.27. The van der Waals surface area contributed by atoms with Gasteiger partial charge in [-0.05, 0) is 38.1 Å². The van der Waals surface area contributed by atoms with E-state index in [0.29, 0.717) is 0 Å². The number of carbonyl (C=O) groups excluding carboxylic acids is 1. The molecule has 0 aliphatic rings. The highest BCUT2D eigenvalue weighted by molar-refractivity contribution is 7.89. The Morgan fingerprint density at radius 3 is 2.30 bits per heavy atom. The van der Waals surface area contributed by atoms with Crippen LogP contribution in [0.15, 0.2) is 29.2 Å². The summed E-state index contributed by atoms with van der Waals surface area (Å²) in [5.74, 6) is -0.604. The van der Waals surface area contributed by atoms with E-state index in [0.717, 1.165) is 12.1 Å². The zero-order chi connectivity index (χ0) is 15.3. The van der Waals surface area contributed by atoms with Crippen LogP contribution in [-0.4, -0.2) is 38.4 Å². The summed E-state index contributed by atoms with van der Waals surface area (Å²) in [5.41, 5.74) is 0. The molecular weight excluding hydrogens is 283 g/mol. The molecule has 1 N–H and O–H groups in total. The van der Waals surface area contributed by atoms with Gasteiger partial charge in [0.25, 0.3) is 0 Å². The number of rotatable bonds is 6. The summed E-state index contributed by atoms with van der Waals surface area (Å²) in [6.07, 6.45) is 0. The molecule has 0 aliphatic carbocycles. The molecule has 0 saturated carbocycles. The number of benzene rings is 1. The summed E-state index contributed by atoms with van der Waals surface area (Å²) < 4.78 is 39.0. The van der Waals surface area contributed by atoms with E-state index in [1.807, 2.05) is 13.8 Å². The molecule has 0 radical (unpaired) electrons. The second-order valence-electron chi connectivity index (χ2n) is 4.66. The number of nitrogens with one attached hydrogen (secondary N) is 1. The standard InChI is InChI=1S/C13H19FN2O3S/c1-10(2)16(11(3)17)9-8-15-20(18,19)13-6-4-12(14)5-7-13/h4-7,10,15H,8-9H2,1-3H3. The Morgan fingerprint density at radius 1 is 1.30 bits per heavy atom. The number of hydrogen-bond acceptors (Lipinski definition) is 3. The van der Waals surface area contributed by atoms with Crippen molar-refractivity contribution in [2.45, 2.75) is 31.7 Å². The maximum Gasteiger partial charge on any atom is 0.240 e. The number of sulfonamides is 1. The first kappa shape index (κ1) is 16.6. The lowest BCUT2D eigenvalue weighted by atomic mass is 10.3. The van der Waals surface area contributed by atoms with Crippen molar-refractivity contribution in [2.75, 3.05) is 13.1 Å². The number of amides is 1. The normalized spacial score (nSPS) is 11.7. The van der Waals surface area contributed by atoms with Crippen LogP contribution in [0.2, 0.25) is 0 Å². The lowest BCUT2D eigenvalue weighted by molar-refractivity contribution is -0.130. The predicted octanol–water partition coefficient (Wildman–Crippen LogP) is 1.36. The molecule has 0 bridgehead atoms. The van der Waals surface area contributed by atoms with Gasteiger partial charge in [0.05, 0.1) is 4.90 Å². The topological polar surface area (TPSA) is 66.5 Å². The first-order valence-corrected chi connectivity index (χ1v) is 7.75. The van der Waals surface area contributed by atoms with Crippen molar-refractivity contribution < 1.29 is 17.6 Å². The third kappa shape index (κ3) is 4.57. The Kier molecular flexibility index (Phi) is 5.64. The van der Waals surface area contributed by atoms with Crippen molar-refractivity contribution in [1.82, 2.24) is 9.62 Å². The molecule has 112 valence electrons. The monoisotopic (exact) mass is 302 g/mol. The first-order chi connectivity index (χ1) is 9.24. The van der Waals surface area contributed by atoms with E-state index in [4.69, 9.17) is 0 Å². The maximum atomic E-state index is 12.8. The van der Waals surface area contributed by atoms with E-state index in [-0.39, 0.29) is 29.9 Å². The summed E-state index contributed by atoms with van der Waals surface area (Å²) >= 11 is 0.